The average Bonchev–Trinajstić information content (AvgIpc) is 2.09. The molecule has 0 saturated carbocycles. The van der Waals surface area contributed by atoms with Gasteiger partial charge in [-0.3, -0.25) is 0 Å². The molecule has 96 valence electrons. The molecule has 0 spiro atoms. The van der Waals surface area contributed by atoms with Crippen LogP contribution in [-0.2, 0) is 14.0 Å². The fourth-order valence-electron chi connectivity index (χ4n) is 0.913. The van der Waals surface area contributed by atoms with Crippen molar-refractivity contribution >= 4 is 14.3 Å². The Labute approximate surface area is 99.1 Å². The van der Waals surface area contributed by atoms with Crippen molar-refractivity contribution in [2.24, 2.45) is 0 Å². The first-order valence-electron chi connectivity index (χ1n) is 5.60. The van der Waals surface area contributed by atoms with Crippen LogP contribution in [-0.4, -0.2) is 38.7 Å². The number of carboxylic acid groups (broad SMARTS) is 1. The highest BCUT2D eigenvalue weighted by Crippen LogP contribution is 2.37. The van der Waals surface area contributed by atoms with Gasteiger partial charge in [0.2, 0.25) is 0 Å². The molecule has 4 nitrogen and oxygen atoms in total. The zero-order valence-electron chi connectivity index (χ0n) is 11.2. The Hall–Kier alpha value is -0.393. The maximum atomic E-state index is 11.0. The molecule has 0 heterocycles. The zero-order chi connectivity index (χ0) is 13.0. The first-order chi connectivity index (χ1) is 7.12. The third kappa shape index (κ3) is 4.63. The number of carbonyl (C=O) groups is 1. The Kier molecular flexibility index (Phi) is 5.65. The van der Waals surface area contributed by atoms with Gasteiger partial charge in [-0.2, -0.15) is 0 Å². The molecular weight excluding hydrogens is 224 g/mol. The van der Waals surface area contributed by atoms with E-state index in [0.29, 0.717) is 6.61 Å². The van der Waals surface area contributed by atoms with E-state index < -0.39 is 20.4 Å². The Morgan fingerprint density at radius 3 is 2.19 bits per heavy atom. The number of hydrogen-bond acceptors (Lipinski definition) is 3. The average molecular weight is 248 g/mol. The molecular formula is C11H24O4Si. The molecule has 1 N–H and O–H groups in total. The maximum absolute atomic E-state index is 11.0. The lowest BCUT2D eigenvalue weighted by Gasteiger charge is -2.38. The van der Waals surface area contributed by atoms with Crippen molar-refractivity contribution < 1.29 is 19.1 Å². The van der Waals surface area contributed by atoms with Gasteiger partial charge in [0, 0.05) is 6.61 Å². The van der Waals surface area contributed by atoms with Gasteiger partial charge in [-0.25, -0.2) is 4.79 Å². The number of hydrogen-bond donors (Lipinski definition) is 1. The zero-order valence-corrected chi connectivity index (χ0v) is 12.2. The standard InChI is InChI=1S/C11H24O4Si/c1-7-14-8-9(10(12)13)15-16(5,6)11(2,3)4/h9H,7-8H2,1-6H3,(H,12,13). The van der Waals surface area contributed by atoms with Gasteiger partial charge in [0.05, 0.1) is 6.61 Å². The van der Waals surface area contributed by atoms with E-state index in [1.165, 1.54) is 0 Å². The Balaban J connectivity index is 4.56. The van der Waals surface area contributed by atoms with Gasteiger partial charge in [0.1, 0.15) is 0 Å². The van der Waals surface area contributed by atoms with E-state index in [2.05, 4.69) is 20.8 Å². The summed E-state index contributed by atoms with van der Waals surface area (Å²) in [7, 11) is -2.04. The van der Waals surface area contributed by atoms with Crippen LogP contribution in [0.25, 0.3) is 0 Å². The van der Waals surface area contributed by atoms with E-state index in [1.807, 2.05) is 20.0 Å². The highest BCUT2D eigenvalue weighted by molar-refractivity contribution is 6.74. The summed E-state index contributed by atoms with van der Waals surface area (Å²) in [6.07, 6.45) is -0.846. The van der Waals surface area contributed by atoms with E-state index in [4.69, 9.17) is 14.3 Å². The summed E-state index contributed by atoms with van der Waals surface area (Å²) in [5.41, 5.74) is 0. The molecule has 0 aliphatic heterocycles. The number of carboxylic acids is 1. The molecule has 5 heteroatoms. The predicted molar refractivity (Wildman–Crippen MR) is 66.2 cm³/mol. The number of ether oxygens (including phenoxy) is 1. The Morgan fingerprint density at radius 1 is 1.38 bits per heavy atom. The molecule has 0 aliphatic carbocycles. The Morgan fingerprint density at radius 2 is 1.88 bits per heavy atom. The molecule has 0 aromatic rings. The quantitative estimate of drug-likeness (QED) is 0.734. The summed E-state index contributed by atoms with van der Waals surface area (Å²) < 4.78 is 10.9. The highest BCUT2D eigenvalue weighted by Gasteiger charge is 2.40. The van der Waals surface area contributed by atoms with E-state index >= 15 is 0 Å². The van der Waals surface area contributed by atoms with E-state index in [1.54, 1.807) is 0 Å². The van der Waals surface area contributed by atoms with Gasteiger partial charge in [0.15, 0.2) is 14.4 Å². The van der Waals surface area contributed by atoms with Crippen LogP contribution in [0.15, 0.2) is 0 Å². The summed E-state index contributed by atoms with van der Waals surface area (Å²) in [4.78, 5) is 11.0. The monoisotopic (exact) mass is 248 g/mol. The van der Waals surface area contributed by atoms with Crippen LogP contribution in [0.3, 0.4) is 0 Å². The second-order valence-corrected chi connectivity index (χ2v) is 10.1. The smallest absolute Gasteiger partial charge is 0.334 e. The fraction of sp³-hybridized carbons (Fsp3) is 0.909. The van der Waals surface area contributed by atoms with Crippen molar-refractivity contribution in [2.75, 3.05) is 13.2 Å². The molecule has 1 unspecified atom stereocenters. The number of aliphatic carboxylic acids is 1. The molecule has 0 aromatic heterocycles. The summed E-state index contributed by atoms with van der Waals surface area (Å²) >= 11 is 0. The molecule has 0 rings (SSSR count). The molecule has 0 aromatic carbocycles. The molecule has 0 fully saturated rings. The first kappa shape index (κ1) is 15.6. The summed E-state index contributed by atoms with van der Waals surface area (Å²) in [5.74, 6) is -0.946. The maximum Gasteiger partial charge on any atom is 0.334 e. The van der Waals surface area contributed by atoms with E-state index in [0.717, 1.165) is 0 Å². The lowest BCUT2D eigenvalue weighted by atomic mass is 10.2. The van der Waals surface area contributed by atoms with Crippen molar-refractivity contribution in [2.45, 2.75) is 51.9 Å². The lowest BCUT2D eigenvalue weighted by molar-refractivity contribution is -0.148. The van der Waals surface area contributed by atoms with Crippen molar-refractivity contribution in [3.05, 3.63) is 0 Å². The summed E-state index contributed by atoms with van der Waals surface area (Å²) in [6.45, 7) is 12.8. The van der Waals surface area contributed by atoms with Gasteiger partial charge >= 0.3 is 5.97 Å². The second-order valence-electron chi connectivity index (χ2n) is 5.36. The summed E-state index contributed by atoms with van der Waals surface area (Å²) in [5, 5.41) is 9.05. The second kappa shape index (κ2) is 5.79. The van der Waals surface area contributed by atoms with E-state index in [9.17, 15) is 4.79 Å². The van der Waals surface area contributed by atoms with Gasteiger partial charge in [0.25, 0.3) is 0 Å². The first-order valence-corrected chi connectivity index (χ1v) is 8.51. The normalized spacial score (nSPS) is 14.9. The van der Waals surface area contributed by atoms with Gasteiger partial charge in [-0.1, -0.05) is 20.8 Å². The molecule has 0 amide bonds. The van der Waals surface area contributed by atoms with Crippen molar-refractivity contribution in [3.8, 4) is 0 Å². The predicted octanol–water partition coefficient (Wildman–Crippen LogP) is 2.50. The minimum absolute atomic E-state index is 0.00686. The fourth-order valence-corrected chi connectivity index (χ4v) is 2.15. The van der Waals surface area contributed by atoms with Crippen molar-refractivity contribution in [1.29, 1.82) is 0 Å². The van der Waals surface area contributed by atoms with Gasteiger partial charge < -0.3 is 14.3 Å². The molecule has 0 aliphatic rings. The van der Waals surface area contributed by atoms with Crippen LogP contribution in [0.5, 0.6) is 0 Å². The van der Waals surface area contributed by atoms with Gasteiger partial charge in [-0.05, 0) is 25.1 Å². The van der Waals surface area contributed by atoms with Crippen LogP contribution in [0.4, 0.5) is 0 Å². The van der Waals surface area contributed by atoms with Crippen molar-refractivity contribution in [3.63, 3.8) is 0 Å². The largest absolute Gasteiger partial charge is 0.479 e. The van der Waals surface area contributed by atoms with E-state index in [-0.39, 0.29) is 11.6 Å². The molecule has 0 bridgehead atoms. The highest BCUT2D eigenvalue weighted by atomic mass is 28.4. The third-order valence-electron chi connectivity index (χ3n) is 2.99. The topological polar surface area (TPSA) is 55.8 Å². The number of rotatable bonds is 6. The van der Waals surface area contributed by atoms with Crippen LogP contribution in [0, 0.1) is 0 Å². The minimum Gasteiger partial charge on any atom is -0.479 e. The third-order valence-corrected chi connectivity index (χ3v) is 7.48. The minimum atomic E-state index is -2.04. The molecule has 0 radical (unpaired) electrons. The van der Waals surface area contributed by atoms with Crippen LogP contribution in [0.1, 0.15) is 27.7 Å². The van der Waals surface area contributed by atoms with Gasteiger partial charge in [-0.15, -0.1) is 0 Å². The van der Waals surface area contributed by atoms with Crippen LogP contribution >= 0.6 is 0 Å². The summed E-state index contributed by atoms with van der Waals surface area (Å²) in [6, 6.07) is 0. The van der Waals surface area contributed by atoms with Crippen molar-refractivity contribution in [1.82, 2.24) is 0 Å². The van der Waals surface area contributed by atoms with Crippen LogP contribution < -0.4 is 0 Å². The van der Waals surface area contributed by atoms with Crippen LogP contribution in [0.2, 0.25) is 18.1 Å². The molecule has 16 heavy (non-hydrogen) atoms. The molecule has 1 atom stereocenters. The SMILES string of the molecule is CCOCC(O[Si](C)(C)C(C)(C)C)C(=O)O. The molecule has 0 saturated heterocycles. The lowest BCUT2D eigenvalue weighted by Crippen LogP contribution is -2.47. The Bertz CT molecular complexity index is 233.